The van der Waals surface area contributed by atoms with Gasteiger partial charge in [0.05, 0.1) is 6.10 Å². The average molecular weight is 282 g/mol. The van der Waals surface area contributed by atoms with E-state index in [0.29, 0.717) is 30.4 Å². The lowest BCUT2D eigenvalue weighted by molar-refractivity contribution is -0.121. The Morgan fingerprint density at radius 2 is 2.00 bits per heavy atom. The van der Waals surface area contributed by atoms with E-state index in [-0.39, 0.29) is 5.91 Å². The van der Waals surface area contributed by atoms with Gasteiger partial charge in [0, 0.05) is 31.5 Å². The van der Waals surface area contributed by atoms with Crippen LogP contribution in [0.3, 0.4) is 0 Å². The average Bonchev–Trinajstić information content (AvgIpc) is 2.92. The molecule has 1 amide bonds. The monoisotopic (exact) mass is 282 g/mol. The van der Waals surface area contributed by atoms with Gasteiger partial charge >= 0.3 is 0 Å². The molecule has 0 aromatic rings. The molecule has 0 aromatic carbocycles. The summed E-state index contributed by atoms with van der Waals surface area (Å²) in [7, 11) is 0. The lowest BCUT2D eigenvalue weighted by Gasteiger charge is -2.25. The Labute approximate surface area is 122 Å². The molecule has 0 aromatic heterocycles. The van der Waals surface area contributed by atoms with E-state index < -0.39 is 0 Å². The summed E-state index contributed by atoms with van der Waals surface area (Å²) in [5, 5.41) is 3.09. The number of nitrogens with one attached hydrogen (secondary N) is 1. The zero-order valence-electron chi connectivity index (χ0n) is 12.8. The predicted molar refractivity (Wildman–Crippen MR) is 80.3 cm³/mol. The molecule has 1 aliphatic carbocycles. The van der Waals surface area contributed by atoms with Crippen LogP contribution in [-0.2, 0) is 9.53 Å². The molecule has 2 atom stereocenters. The molecule has 4 nitrogen and oxygen atoms in total. The zero-order chi connectivity index (χ0) is 14.4. The third kappa shape index (κ3) is 4.74. The molecule has 2 fully saturated rings. The fourth-order valence-corrected chi connectivity index (χ4v) is 3.52. The summed E-state index contributed by atoms with van der Waals surface area (Å²) >= 11 is 0. The minimum Gasteiger partial charge on any atom is -0.378 e. The largest absolute Gasteiger partial charge is 0.378 e. The topological polar surface area (TPSA) is 64.3 Å². The highest BCUT2D eigenvalue weighted by Gasteiger charge is 2.27. The Morgan fingerprint density at radius 1 is 1.25 bits per heavy atom. The maximum absolute atomic E-state index is 11.9. The van der Waals surface area contributed by atoms with Gasteiger partial charge in [-0.15, -0.1) is 0 Å². The molecule has 2 aliphatic rings. The fourth-order valence-electron chi connectivity index (χ4n) is 3.52. The molecule has 3 N–H and O–H groups in total. The summed E-state index contributed by atoms with van der Waals surface area (Å²) < 4.78 is 5.65. The van der Waals surface area contributed by atoms with Crippen LogP contribution < -0.4 is 11.1 Å². The van der Waals surface area contributed by atoms with E-state index in [4.69, 9.17) is 10.5 Å². The maximum atomic E-state index is 11.9. The van der Waals surface area contributed by atoms with Crippen molar-refractivity contribution in [3.63, 3.8) is 0 Å². The molecule has 0 spiro atoms. The summed E-state index contributed by atoms with van der Waals surface area (Å²) in [6, 6.07) is 0.397. The van der Waals surface area contributed by atoms with E-state index in [2.05, 4.69) is 12.2 Å². The van der Waals surface area contributed by atoms with Crippen LogP contribution >= 0.6 is 0 Å². The molecule has 1 saturated carbocycles. The lowest BCUT2D eigenvalue weighted by Crippen LogP contribution is -2.33. The van der Waals surface area contributed by atoms with Gasteiger partial charge in [-0.3, -0.25) is 4.79 Å². The third-order valence-corrected chi connectivity index (χ3v) is 4.98. The van der Waals surface area contributed by atoms with Crippen molar-refractivity contribution in [2.45, 2.75) is 70.4 Å². The van der Waals surface area contributed by atoms with E-state index in [1.54, 1.807) is 0 Å². The molecule has 4 heteroatoms. The first-order valence-corrected chi connectivity index (χ1v) is 8.33. The van der Waals surface area contributed by atoms with Crippen molar-refractivity contribution in [2.75, 3.05) is 13.2 Å². The van der Waals surface area contributed by atoms with Crippen molar-refractivity contribution >= 4 is 5.91 Å². The summed E-state index contributed by atoms with van der Waals surface area (Å²) in [5.74, 6) is 1.43. The van der Waals surface area contributed by atoms with E-state index in [1.165, 1.54) is 12.8 Å². The minimum atomic E-state index is 0.210. The molecule has 20 heavy (non-hydrogen) atoms. The fraction of sp³-hybridized carbons (Fsp3) is 0.938. The van der Waals surface area contributed by atoms with Crippen LogP contribution in [0.4, 0.5) is 0 Å². The van der Waals surface area contributed by atoms with Gasteiger partial charge in [0.15, 0.2) is 0 Å². The van der Waals surface area contributed by atoms with E-state index >= 15 is 0 Å². The Morgan fingerprint density at radius 3 is 2.70 bits per heavy atom. The molecular formula is C16H30N2O2. The highest BCUT2D eigenvalue weighted by Crippen LogP contribution is 2.27. The second kappa shape index (κ2) is 7.99. The normalized spacial score (nSPS) is 34.1. The summed E-state index contributed by atoms with van der Waals surface area (Å²) in [5.41, 5.74) is 5.91. The molecule has 0 radical (unpaired) electrons. The van der Waals surface area contributed by atoms with Gasteiger partial charge in [0.25, 0.3) is 0 Å². The Balaban J connectivity index is 1.58. The summed E-state index contributed by atoms with van der Waals surface area (Å²) in [6.07, 6.45) is 8.82. The molecule has 0 bridgehead atoms. The van der Waals surface area contributed by atoms with Crippen LogP contribution in [0.2, 0.25) is 0 Å². The van der Waals surface area contributed by atoms with Crippen molar-refractivity contribution < 1.29 is 9.53 Å². The number of nitrogens with two attached hydrogens (primary N) is 1. The van der Waals surface area contributed by atoms with Crippen molar-refractivity contribution in [3.05, 3.63) is 0 Å². The van der Waals surface area contributed by atoms with Gasteiger partial charge in [-0.2, -0.15) is 0 Å². The lowest BCUT2D eigenvalue weighted by atomic mass is 9.84. The molecule has 1 saturated heterocycles. The van der Waals surface area contributed by atoms with Crippen LogP contribution in [0.1, 0.15) is 58.3 Å². The Bertz CT molecular complexity index is 301. The molecular weight excluding hydrogens is 252 g/mol. The first kappa shape index (κ1) is 15.8. The van der Waals surface area contributed by atoms with Gasteiger partial charge in [-0.05, 0) is 50.9 Å². The number of carbonyl (C=O) groups excluding carboxylic acids is 1. The van der Waals surface area contributed by atoms with Gasteiger partial charge in [-0.1, -0.05) is 6.92 Å². The number of ether oxygens (including phenoxy) is 1. The van der Waals surface area contributed by atoms with Crippen LogP contribution in [0, 0.1) is 11.8 Å². The molecule has 1 heterocycles. The van der Waals surface area contributed by atoms with Crippen LogP contribution in [0.25, 0.3) is 0 Å². The van der Waals surface area contributed by atoms with Crippen molar-refractivity contribution in [1.29, 1.82) is 0 Å². The van der Waals surface area contributed by atoms with Crippen molar-refractivity contribution in [2.24, 2.45) is 17.6 Å². The van der Waals surface area contributed by atoms with Crippen molar-refractivity contribution in [3.8, 4) is 0 Å². The highest BCUT2D eigenvalue weighted by atomic mass is 16.5. The number of amides is 1. The number of rotatable bonds is 6. The number of carbonyl (C=O) groups is 1. The van der Waals surface area contributed by atoms with E-state index in [0.717, 1.165) is 45.3 Å². The first-order valence-electron chi connectivity index (χ1n) is 8.33. The summed E-state index contributed by atoms with van der Waals surface area (Å²) in [4.78, 5) is 11.9. The predicted octanol–water partition coefficient (Wildman–Crippen LogP) is 2.22. The highest BCUT2D eigenvalue weighted by molar-refractivity contribution is 5.75. The van der Waals surface area contributed by atoms with E-state index in [9.17, 15) is 4.79 Å². The Kier molecular flexibility index (Phi) is 6.30. The van der Waals surface area contributed by atoms with Crippen LogP contribution in [-0.4, -0.2) is 31.2 Å². The first-order chi connectivity index (χ1) is 9.69. The van der Waals surface area contributed by atoms with Gasteiger partial charge < -0.3 is 15.8 Å². The number of hydrogen-bond acceptors (Lipinski definition) is 3. The van der Waals surface area contributed by atoms with Crippen molar-refractivity contribution in [1.82, 2.24) is 5.32 Å². The smallest absolute Gasteiger partial charge is 0.220 e. The molecule has 116 valence electrons. The maximum Gasteiger partial charge on any atom is 0.220 e. The van der Waals surface area contributed by atoms with Crippen LogP contribution in [0.5, 0.6) is 0 Å². The minimum absolute atomic E-state index is 0.210. The van der Waals surface area contributed by atoms with Gasteiger partial charge in [0.2, 0.25) is 5.91 Å². The molecule has 2 rings (SSSR count). The standard InChI is InChI=1S/C16H30N2O2/c1-2-15-13(9-10-20-15)11-18-16(19)8-5-12-3-6-14(17)7-4-12/h12-15H,2-11,17H2,1H3,(H,18,19). The SMILES string of the molecule is CCC1OCCC1CNC(=O)CCC1CCC(N)CC1. The quantitative estimate of drug-likeness (QED) is 0.785. The Hall–Kier alpha value is -0.610. The number of hydrogen-bond donors (Lipinski definition) is 2. The second-order valence-electron chi connectivity index (χ2n) is 6.49. The second-order valence-corrected chi connectivity index (χ2v) is 6.49. The van der Waals surface area contributed by atoms with E-state index in [1.807, 2.05) is 0 Å². The van der Waals surface area contributed by atoms with Gasteiger partial charge in [0.1, 0.15) is 0 Å². The van der Waals surface area contributed by atoms with Crippen LogP contribution in [0.15, 0.2) is 0 Å². The zero-order valence-corrected chi connectivity index (χ0v) is 12.8. The van der Waals surface area contributed by atoms with Gasteiger partial charge in [-0.25, -0.2) is 0 Å². The third-order valence-electron chi connectivity index (χ3n) is 4.98. The molecule has 1 aliphatic heterocycles. The summed E-state index contributed by atoms with van der Waals surface area (Å²) in [6.45, 7) is 3.78. The molecule has 2 unspecified atom stereocenters.